The molecule has 20 heavy (non-hydrogen) atoms. The highest BCUT2D eigenvalue weighted by molar-refractivity contribution is 5.96. The smallest absolute Gasteiger partial charge is 0.254 e. The maximum absolute atomic E-state index is 12.8. The Kier molecular flexibility index (Phi) is 3.68. The van der Waals surface area contributed by atoms with Gasteiger partial charge in [0.1, 0.15) is 5.75 Å². The Bertz CT molecular complexity index is 510. The van der Waals surface area contributed by atoms with Gasteiger partial charge >= 0.3 is 0 Å². The summed E-state index contributed by atoms with van der Waals surface area (Å²) < 4.78 is 0. The summed E-state index contributed by atoms with van der Waals surface area (Å²) >= 11 is 0. The number of carbonyl (C=O) groups is 1. The molecule has 1 aliphatic carbocycles. The van der Waals surface area contributed by atoms with Crippen LogP contribution in [0.3, 0.4) is 0 Å². The molecule has 1 amide bonds. The molecule has 0 aromatic heterocycles. The molecule has 108 valence electrons. The molecule has 0 bridgehead atoms. The fourth-order valence-electron chi connectivity index (χ4n) is 3.89. The summed E-state index contributed by atoms with van der Waals surface area (Å²) in [5.41, 5.74) is 1.37. The van der Waals surface area contributed by atoms with Gasteiger partial charge in [-0.3, -0.25) is 4.79 Å². The van der Waals surface area contributed by atoms with Crippen molar-refractivity contribution in [1.82, 2.24) is 4.90 Å². The summed E-state index contributed by atoms with van der Waals surface area (Å²) in [7, 11) is 0. The van der Waals surface area contributed by atoms with Crippen LogP contribution in [0.25, 0.3) is 0 Å². The van der Waals surface area contributed by atoms with Crippen molar-refractivity contribution in [2.45, 2.75) is 51.5 Å². The molecule has 2 aliphatic rings. The van der Waals surface area contributed by atoms with Crippen molar-refractivity contribution in [3.63, 3.8) is 0 Å². The van der Waals surface area contributed by atoms with Crippen molar-refractivity contribution in [3.8, 4) is 5.75 Å². The molecule has 2 atom stereocenters. The van der Waals surface area contributed by atoms with E-state index in [0.717, 1.165) is 19.4 Å². The highest BCUT2D eigenvalue weighted by atomic mass is 16.3. The number of carbonyl (C=O) groups excluding carboxylic acids is 1. The highest BCUT2D eigenvalue weighted by Crippen LogP contribution is 2.36. The average Bonchev–Trinajstić information content (AvgIpc) is 2.49. The van der Waals surface area contributed by atoms with Crippen LogP contribution < -0.4 is 0 Å². The van der Waals surface area contributed by atoms with Crippen molar-refractivity contribution in [2.75, 3.05) is 6.54 Å². The number of phenolic OH excluding ortho intramolecular Hbond substituents is 1. The van der Waals surface area contributed by atoms with E-state index in [9.17, 15) is 9.90 Å². The first-order valence-corrected chi connectivity index (χ1v) is 7.78. The van der Waals surface area contributed by atoms with Gasteiger partial charge in [-0.2, -0.15) is 0 Å². The lowest BCUT2D eigenvalue weighted by molar-refractivity contribution is 0.0389. The quantitative estimate of drug-likeness (QED) is 0.850. The number of likely N-dealkylation sites (tertiary alicyclic amines) is 1. The predicted molar refractivity (Wildman–Crippen MR) is 78.9 cm³/mol. The van der Waals surface area contributed by atoms with E-state index >= 15 is 0 Å². The van der Waals surface area contributed by atoms with Crippen LogP contribution in [0.2, 0.25) is 0 Å². The Morgan fingerprint density at radius 3 is 2.80 bits per heavy atom. The molecule has 1 aromatic rings. The summed E-state index contributed by atoms with van der Waals surface area (Å²) in [6.07, 6.45) is 7.36. The van der Waals surface area contributed by atoms with Gasteiger partial charge in [-0.15, -0.1) is 0 Å². The Hall–Kier alpha value is -1.51. The lowest BCUT2D eigenvalue weighted by Crippen LogP contribution is -2.49. The maximum atomic E-state index is 12.8. The summed E-state index contributed by atoms with van der Waals surface area (Å²) in [5.74, 6) is 1.02. The SMILES string of the molecule is Cc1c(O)cccc1C(=O)N1CCCC2CCCCC21. The average molecular weight is 273 g/mol. The zero-order chi connectivity index (χ0) is 14.1. The minimum atomic E-state index is 0.106. The molecule has 3 rings (SSSR count). The van der Waals surface area contributed by atoms with Crippen molar-refractivity contribution < 1.29 is 9.90 Å². The number of phenols is 1. The van der Waals surface area contributed by atoms with E-state index in [0.29, 0.717) is 23.1 Å². The number of rotatable bonds is 1. The summed E-state index contributed by atoms with van der Waals surface area (Å²) in [4.78, 5) is 14.9. The predicted octanol–water partition coefficient (Wildman–Crippen LogP) is 3.50. The molecule has 1 N–H and O–H groups in total. The Morgan fingerprint density at radius 2 is 1.95 bits per heavy atom. The van der Waals surface area contributed by atoms with Gasteiger partial charge in [0.05, 0.1) is 0 Å². The number of hydrogen-bond acceptors (Lipinski definition) is 2. The van der Waals surface area contributed by atoms with Gasteiger partial charge in [0, 0.05) is 23.7 Å². The molecule has 0 radical (unpaired) electrons. The molecule has 3 nitrogen and oxygen atoms in total. The first-order valence-electron chi connectivity index (χ1n) is 7.78. The minimum absolute atomic E-state index is 0.106. The lowest BCUT2D eigenvalue weighted by atomic mass is 9.78. The third kappa shape index (κ3) is 2.30. The van der Waals surface area contributed by atoms with Crippen molar-refractivity contribution in [1.29, 1.82) is 0 Å². The molecule has 2 fully saturated rings. The van der Waals surface area contributed by atoms with E-state index < -0.39 is 0 Å². The van der Waals surface area contributed by atoms with Gasteiger partial charge in [-0.1, -0.05) is 18.9 Å². The molecule has 2 unspecified atom stereocenters. The number of aromatic hydroxyl groups is 1. The maximum Gasteiger partial charge on any atom is 0.254 e. The van der Waals surface area contributed by atoms with Gasteiger partial charge in [0.15, 0.2) is 0 Å². The van der Waals surface area contributed by atoms with E-state index in [1.54, 1.807) is 12.1 Å². The minimum Gasteiger partial charge on any atom is -0.508 e. The number of nitrogens with zero attached hydrogens (tertiary/aromatic N) is 1. The molecule has 1 aliphatic heterocycles. The van der Waals surface area contributed by atoms with Crippen molar-refractivity contribution >= 4 is 5.91 Å². The first-order chi connectivity index (χ1) is 9.68. The number of fused-ring (bicyclic) bond motifs is 1. The fourth-order valence-corrected chi connectivity index (χ4v) is 3.89. The second-order valence-corrected chi connectivity index (χ2v) is 6.20. The number of piperidine rings is 1. The van der Waals surface area contributed by atoms with Crippen LogP contribution >= 0.6 is 0 Å². The van der Waals surface area contributed by atoms with Gasteiger partial charge in [-0.05, 0) is 50.7 Å². The van der Waals surface area contributed by atoms with Crippen LogP contribution in [0, 0.1) is 12.8 Å². The van der Waals surface area contributed by atoms with E-state index in [2.05, 4.69) is 4.90 Å². The first kappa shape index (κ1) is 13.5. The van der Waals surface area contributed by atoms with Crippen LogP contribution in [0.5, 0.6) is 5.75 Å². The van der Waals surface area contributed by atoms with Gasteiger partial charge in [0.2, 0.25) is 0 Å². The zero-order valence-corrected chi connectivity index (χ0v) is 12.1. The normalized spacial score (nSPS) is 26.1. The molecule has 3 heteroatoms. The topological polar surface area (TPSA) is 40.5 Å². The Balaban J connectivity index is 1.87. The van der Waals surface area contributed by atoms with E-state index in [1.165, 1.54) is 25.7 Å². The summed E-state index contributed by atoms with van der Waals surface area (Å²) in [6, 6.07) is 5.67. The third-order valence-corrected chi connectivity index (χ3v) is 5.04. The third-order valence-electron chi connectivity index (χ3n) is 5.04. The Labute approximate surface area is 120 Å². The fraction of sp³-hybridized carbons (Fsp3) is 0.588. The monoisotopic (exact) mass is 273 g/mol. The van der Waals surface area contributed by atoms with Crippen LogP contribution in [-0.4, -0.2) is 28.5 Å². The van der Waals surface area contributed by atoms with Crippen LogP contribution in [0.4, 0.5) is 0 Å². The van der Waals surface area contributed by atoms with Crippen molar-refractivity contribution in [2.24, 2.45) is 5.92 Å². The van der Waals surface area contributed by atoms with Gasteiger partial charge < -0.3 is 10.0 Å². The molecule has 0 spiro atoms. The number of amides is 1. The van der Waals surface area contributed by atoms with E-state index in [4.69, 9.17) is 0 Å². The molecule has 1 aromatic carbocycles. The molecular formula is C17H23NO2. The number of hydrogen-bond donors (Lipinski definition) is 1. The zero-order valence-electron chi connectivity index (χ0n) is 12.1. The van der Waals surface area contributed by atoms with Gasteiger partial charge in [0.25, 0.3) is 5.91 Å². The van der Waals surface area contributed by atoms with Gasteiger partial charge in [-0.25, -0.2) is 0 Å². The second kappa shape index (κ2) is 5.47. The van der Waals surface area contributed by atoms with E-state index in [-0.39, 0.29) is 11.7 Å². The number of benzene rings is 1. The molecule has 1 saturated heterocycles. The Morgan fingerprint density at radius 1 is 1.20 bits per heavy atom. The summed E-state index contributed by atoms with van der Waals surface area (Å²) in [6.45, 7) is 2.69. The highest BCUT2D eigenvalue weighted by Gasteiger charge is 2.36. The van der Waals surface area contributed by atoms with Crippen LogP contribution in [0.15, 0.2) is 18.2 Å². The standard InChI is InChI=1S/C17H23NO2/c1-12-14(8-4-10-16(12)19)17(20)18-11-5-7-13-6-2-3-9-15(13)18/h4,8,10,13,15,19H,2-3,5-7,9,11H2,1H3. The van der Waals surface area contributed by atoms with Crippen LogP contribution in [0.1, 0.15) is 54.4 Å². The summed E-state index contributed by atoms with van der Waals surface area (Å²) in [5, 5.41) is 9.81. The van der Waals surface area contributed by atoms with Crippen molar-refractivity contribution in [3.05, 3.63) is 29.3 Å². The second-order valence-electron chi connectivity index (χ2n) is 6.20. The largest absolute Gasteiger partial charge is 0.508 e. The molecule has 1 heterocycles. The lowest BCUT2D eigenvalue weighted by Gasteiger charge is -2.44. The molecule has 1 saturated carbocycles. The molecular weight excluding hydrogens is 250 g/mol. The van der Waals surface area contributed by atoms with E-state index in [1.807, 2.05) is 13.0 Å². The van der Waals surface area contributed by atoms with Crippen LogP contribution in [-0.2, 0) is 0 Å².